The fraction of sp³-hybridized carbons (Fsp3) is 0.556. The minimum absolute atomic E-state index is 0.0597. The molecular weight excluding hydrogens is 318 g/mol. The zero-order valence-electron chi connectivity index (χ0n) is 15.1. The second kappa shape index (κ2) is 7.41. The zero-order chi connectivity index (χ0) is 18.0. The molecule has 1 saturated heterocycles. The van der Waals surface area contributed by atoms with Crippen LogP contribution >= 0.6 is 0 Å². The normalized spacial score (nSPS) is 17.2. The fourth-order valence-electron chi connectivity index (χ4n) is 3.55. The molecule has 1 fully saturated rings. The highest BCUT2D eigenvalue weighted by atomic mass is 16.3. The van der Waals surface area contributed by atoms with Crippen molar-refractivity contribution in [2.45, 2.75) is 38.8 Å². The Morgan fingerprint density at radius 3 is 2.88 bits per heavy atom. The van der Waals surface area contributed by atoms with Gasteiger partial charge in [0.1, 0.15) is 5.65 Å². The number of aryl methyl sites for hydroxylation is 1. The molecule has 0 saturated carbocycles. The first-order chi connectivity index (χ1) is 11.9. The number of likely N-dealkylation sites (N-methyl/N-ethyl adjacent to an activating group) is 1. The lowest BCUT2D eigenvalue weighted by Gasteiger charge is -2.37. The molecule has 0 radical (unpaired) electrons. The van der Waals surface area contributed by atoms with Gasteiger partial charge in [-0.05, 0) is 45.4 Å². The van der Waals surface area contributed by atoms with Crippen LogP contribution in [0.1, 0.15) is 25.3 Å². The quantitative estimate of drug-likeness (QED) is 0.888. The van der Waals surface area contributed by atoms with E-state index in [-0.39, 0.29) is 12.1 Å². The van der Waals surface area contributed by atoms with Gasteiger partial charge in [-0.15, -0.1) is 0 Å². The van der Waals surface area contributed by atoms with Crippen molar-refractivity contribution in [3.8, 4) is 0 Å². The number of amides is 2. The average Bonchev–Trinajstić information content (AvgIpc) is 3.03. The highest BCUT2D eigenvalue weighted by molar-refractivity contribution is 5.89. The van der Waals surface area contributed by atoms with Crippen LogP contribution in [0.5, 0.6) is 0 Å². The van der Waals surface area contributed by atoms with Gasteiger partial charge in [-0.1, -0.05) is 0 Å². The molecule has 0 aromatic carbocycles. The smallest absolute Gasteiger partial charge is 0.321 e. The number of aromatic nitrogens is 2. The number of pyridine rings is 1. The molecular formula is C18H27N5O2. The zero-order valence-corrected chi connectivity index (χ0v) is 15.1. The molecule has 1 unspecified atom stereocenters. The van der Waals surface area contributed by atoms with Crippen molar-refractivity contribution in [1.82, 2.24) is 19.2 Å². The maximum atomic E-state index is 12.5. The predicted molar refractivity (Wildman–Crippen MR) is 97.9 cm³/mol. The molecule has 0 aliphatic carbocycles. The standard InChI is InChI=1S/C18H27N5O2/c1-13-10-15(12-23-9-6-19-17(13)23)20-18(25)22-7-4-16(5-8-22)21(3)11-14(2)24/h6,9-10,12,14,16,24H,4-5,7-8,11H2,1-3H3,(H,20,25). The number of carbonyl (C=O) groups excluding carboxylic acids is 1. The number of aliphatic hydroxyl groups excluding tert-OH is 1. The second-order valence-corrected chi connectivity index (χ2v) is 7.01. The summed E-state index contributed by atoms with van der Waals surface area (Å²) in [6, 6.07) is 2.31. The van der Waals surface area contributed by atoms with Crippen LogP contribution in [0.25, 0.3) is 5.65 Å². The van der Waals surface area contributed by atoms with Crippen LogP contribution in [-0.4, -0.2) is 69.1 Å². The summed E-state index contributed by atoms with van der Waals surface area (Å²) in [6.45, 7) is 5.92. The number of hydrogen-bond acceptors (Lipinski definition) is 4. The van der Waals surface area contributed by atoms with Gasteiger partial charge in [0.25, 0.3) is 0 Å². The van der Waals surface area contributed by atoms with Crippen molar-refractivity contribution < 1.29 is 9.90 Å². The number of anilines is 1. The Morgan fingerprint density at radius 2 is 2.20 bits per heavy atom. The number of piperidine rings is 1. The van der Waals surface area contributed by atoms with E-state index < -0.39 is 0 Å². The summed E-state index contributed by atoms with van der Waals surface area (Å²) in [6.07, 6.45) is 7.04. The SMILES string of the molecule is Cc1cc(NC(=O)N2CCC(N(C)CC(C)O)CC2)cn2ccnc12. The summed E-state index contributed by atoms with van der Waals surface area (Å²) >= 11 is 0. The first-order valence-corrected chi connectivity index (χ1v) is 8.81. The number of carbonyl (C=O) groups is 1. The van der Waals surface area contributed by atoms with Gasteiger partial charge < -0.3 is 24.6 Å². The second-order valence-electron chi connectivity index (χ2n) is 7.01. The Morgan fingerprint density at radius 1 is 1.48 bits per heavy atom. The minimum Gasteiger partial charge on any atom is -0.392 e. The van der Waals surface area contributed by atoms with Gasteiger partial charge in [-0.2, -0.15) is 0 Å². The Labute approximate surface area is 148 Å². The molecule has 1 atom stereocenters. The van der Waals surface area contributed by atoms with Crippen LogP contribution in [0.2, 0.25) is 0 Å². The van der Waals surface area contributed by atoms with Crippen LogP contribution in [-0.2, 0) is 0 Å². The van der Waals surface area contributed by atoms with E-state index in [1.54, 1.807) is 13.1 Å². The summed E-state index contributed by atoms with van der Waals surface area (Å²) in [5, 5.41) is 12.5. The summed E-state index contributed by atoms with van der Waals surface area (Å²) in [4.78, 5) is 20.9. The average molecular weight is 345 g/mol. The number of aliphatic hydroxyl groups is 1. The lowest BCUT2D eigenvalue weighted by atomic mass is 10.0. The van der Waals surface area contributed by atoms with E-state index in [9.17, 15) is 9.90 Å². The minimum atomic E-state index is -0.326. The number of urea groups is 1. The lowest BCUT2D eigenvalue weighted by Crippen LogP contribution is -2.48. The molecule has 3 heterocycles. The van der Waals surface area contributed by atoms with E-state index in [2.05, 4.69) is 15.2 Å². The first kappa shape index (κ1) is 17.7. The molecule has 7 heteroatoms. The van der Waals surface area contributed by atoms with Crippen LogP contribution in [0.15, 0.2) is 24.7 Å². The number of nitrogens with one attached hydrogen (secondary N) is 1. The third kappa shape index (κ3) is 4.11. The predicted octanol–water partition coefficient (Wildman–Crippen LogP) is 1.95. The van der Waals surface area contributed by atoms with E-state index in [1.807, 2.05) is 41.7 Å². The van der Waals surface area contributed by atoms with Crippen LogP contribution < -0.4 is 5.32 Å². The largest absolute Gasteiger partial charge is 0.392 e. The lowest BCUT2D eigenvalue weighted by molar-refractivity contribution is 0.0892. The number of rotatable bonds is 4. The van der Waals surface area contributed by atoms with Gasteiger partial charge in [-0.25, -0.2) is 9.78 Å². The Kier molecular flexibility index (Phi) is 5.24. The molecule has 2 N–H and O–H groups in total. The fourth-order valence-corrected chi connectivity index (χ4v) is 3.55. The highest BCUT2D eigenvalue weighted by Gasteiger charge is 2.25. The molecule has 136 valence electrons. The van der Waals surface area contributed by atoms with E-state index in [4.69, 9.17) is 0 Å². The molecule has 2 aromatic heterocycles. The summed E-state index contributed by atoms with van der Waals surface area (Å²) in [7, 11) is 2.04. The Balaban J connectivity index is 1.57. The van der Waals surface area contributed by atoms with E-state index in [0.29, 0.717) is 12.6 Å². The molecule has 0 bridgehead atoms. The topological polar surface area (TPSA) is 73.1 Å². The maximum absolute atomic E-state index is 12.5. The van der Waals surface area contributed by atoms with Crippen molar-refractivity contribution in [2.75, 3.05) is 32.0 Å². The Hall–Kier alpha value is -2.12. The van der Waals surface area contributed by atoms with Gasteiger partial charge in [0.15, 0.2) is 0 Å². The van der Waals surface area contributed by atoms with E-state index in [0.717, 1.165) is 42.8 Å². The molecule has 2 amide bonds. The van der Waals surface area contributed by atoms with Crippen molar-refractivity contribution in [3.05, 3.63) is 30.2 Å². The summed E-state index contributed by atoms with van der Waals surface area (Å²) in [5.74, 6) is 0. The molecule has 25 heavy (non-hydrogen) atoms. The number of nitrogens with zero attached hydrogens (tertiary/aromatic N) is 4. The Bertz CT molecular complexity index is 734. The van der Waals surface area contributed by atoms with Crippen LogP contribution in [0, 0.1) is 6.92 Å². The van der Waals surface area contributed by atoms with Crippen molar-refractivity contribution in [3.63, 3.8) is 0 Å². The van der Waals surface area contributed by atoms with Gasteiger partial charge >= 0.3 is 6.03 Å². The van der Waals surface area contributed by atoms with Crippen LogP contribution in [0.3, 0.4) is 0 Å². The number of imidazole rings is 1. The third-order valence-corrected chi connectivity index (χ3v) is 4.85. The van der Waals surface area contributed by atoms with Crippen molar-refractivity contribution >= 4 is 17.4 Å². The summed E-state index contributed by atoms with van der Waals surface area (Å²) in [5.41, 5.74) is 2.71. The van der Waals surface area contributed by atoms with Crippen molar-refractivity contribution in [1.29, 1.82) is 0 Å². The van der Waals surface area contributed by atoms with Crippen molar-refractivity contribution in [2.24, 2.45) is 0 Å². The molecule has 1 aliphatic heterocycles. The monoisotopic (exact) mass is 345 g/mol. The van der Waals surface area contributed by atoms with Gasteiger partial charge in [-0.3, -0.25) is 0 Å². The van der Waals surface area contributed by atoms with Gasteiger partial charge in [0.05, 0.1) is 11.8 Å². The highest BCUT2D eigenvalue weighted by Crippen LogP contribution is 2.19. The molecule has 7 nitrogen and oxygen atoms in total. The maximum Gasteiger partial charge on any atom is 0.321 e. The number of hydrogen-bond donors (Lipinski definition) is 2. The first-order valence-electron chi connectivity index (χ1n) is 8.81. The van der Waals surface area contributed by atoms with Gasteiger partial charge in [0.2, 0.25) is 0 Å². The molecule has 0 spiro atoms. The van der Waals surface area contributed by atoms with Crippen LogP contribution in [0.4, 0.5) is 10.5 Å². The molecule has 2 aromatic rings. The third-order valence-electron chi connectivity index (χ3n) is 4.85. The molecule has 3 rings (SSSR count). The number of fused-ring (bicyclic) bond motifs is 1. The van der Waals surface area contributed by atoms with Gasteiger partial charge in [0, 0.05) is 44.3 Å². The van der Waals surface area contributed by atoms with E-state index in [1.165, 1.54) is 0 Å². The summed E-state index contributed by atoms with van der Waals surface area (Å²) < 4.78 is 1.92. The number of likely N-dealkylation sites (tertiary alicyclic amines) is 1. The molecule has 1 aliphatic rings. The van der Waals surface area contributed by atoms with E-state index >= 15 is 0 Å².